The molecular weight excluding hydrogens is 917 g/mol. The zero-order valence-electron chi connectivity index (χ0n) is 43.0. The summed E-state index contributed by atoms with van der Waals surface area (Å²) in [4.78, 5) is 9.83. The Kier molecular flexibility index (Phi) is 11.7. The summed E-state index contributed by atoms with van der Waals surface area (Å²) in [7, 11) is -2.74. The molecule has 0 radical (unpaired) electrons. The van der Waals surface area contributed by atoms with Gasteiger partial charge < -0.3 is 14.5 Å². The summed E-state index contributed by atoms with van der Waals surface area (Å²) in [5, 5.41) is 7.69. The number of benzene rings is 9. The Hall–Kier alpha value is -8.45. The van der Waals surface area contributed by atoms with Crippen molar-refractivity contribution in [1.29, 1.82) is 0 Å². The molecule has 0 amide bonds. The maximum Gasteiger partial charge on any atom is 0.179 e. The summed E-state index contributed by atoms with van der Waals surface area (Å²) >= 11 is 0. The molecule has 0 saturated heterocycles. The van der Waals surface area contributed by atoms with Crippen molar-refractivity contribution in [3.63, 3.8) is 0 Å². The molecule has 0 spiro atoms. The summed E-state index contributed by atoms with van der Waals surface area (Å²) in [5.41, 5.74) is 11.6. The molecule has 0 atom stereocenters. The molecule has 6 heteroatoms. The van der Waals surface area contributed by atoms with Crippen molar-refractivity contribution in [1.82, 2.24) is 9.55 Å². The highest BCUT2D eigenvalue weighted by molar-refractivity contribution is 7.19. The van der Waals surface area contributed by atoms with E-state index in [0.29, 0.717) is 6.67 Å². The Labute approximate surface area is 436 Å². The minimum absolute atomic E-state index is 0.0467. The number of hydrogen-bond acceptors (Lipinski definition) is 4. The molecule has 0 saturated carbocycles. The number of fused-ring (bicyclic) bond motifs is 4. The van der Waals surface area contributed by atoms with Crippen LogP contribution in [0.3, 0.4) is 0 Å². The van der Waals surface area contributed by atoms with Crippen molar-refractivity contribution in [3.8, 4) is 28.4 Å². The summed E-state index contributed by atoms with van der Waals surface area (Å²) < 4.78 is 9.19. The lowest BCUT2D eigenvalue weighted by Crippen LogP contribution is -2.74. The van der Waals surface area contributed by atoms with Gasteiger partial charge in [-0.15, -0.1) is 0 Å². The first-order valence-corrected chi connectivity index (χ1v) is 27.8. The van der Waals surface area contributed by atoms with Gasteiger partial charge in [-0.05, 0) is 127 Å². The van der Waals surface area contributed by atoms with E-state index in [-0.39, 0.29) is 10.8 Å². The molecule has 74 heavy (non-hydrogen) atoms. The molecule has 1 aliphatic rings. The van der Waals surface area contributed by atoms with Crippen LogP contribution in [-0.4, -0.2) is 24.3 Å². The number of ether oxygens (including phenoxy) is 1. The largest absolute Gasteiger partial charge is 0.457 e. The van der Waals surface area contributed by atoms with Crippen LogP contribution in [0, 0.1) is 0 Å². The number of anilines is 4. The molecule has 11 aromatic rings. The van der Waals surface area contributed by atoms with E-state index in [0.717, 1.165) is 56.1 Å². The van der Waals surface area contributed by atoms with E-state index < -0.39 is 8.07 Å². The van der Waals surface area contributed by atoms with Gasteiger partial charge >= 0.3 is 0 Å². The molecule has 0 N–H and O–H groups in total. The molecule has 0 bridgehead atoms. The Morgan fingerprint density at radius 2 is 0.946 bits per heavy atom. The Bertz CT molecular complexity index is 3740. The van der Waals surface area contributed by atoms with Gasteiger partial charge in [-0.25, -0.2) is 4.98 Å². The van der Waals surface area contributed by atoms with Gasteiger partial charge in [0.2, 0.25) is 0 Å². The monoisotopic (exact) mass is 976 g/mol. The number of aromatic nitrogens is 2. The predicted molar refractivity (Wildman–Crippen MR) is 314 cm³/mol. The summed E-state index contributed by atoms with van der Waals surface area (Å²) in [6.07, 6.45) is 1.95. The van der Waals surface area contributed by atoms with Crippen molar-refractivity contribution in [2.45, 2.75) is 52.4 Å². The fourth-order valence-electron chi connectivity index (χ4n) is 11.1. The fraction of sp³-hybridized carbons (Fsp3) is 0.132. The smallest absolute Gasteiger partial charge is 0.179 e. The van der Waals surface area contributed by atoms with Gasteiger partial charge in [0.05, 0.1) is 22.4 Å². The number of pyridine rings is 1. The topological polar surface area (TPSA) is 33.5 Å². The predicted octanol–water partition coefficient (Wildman–Crippen LogP) is 14.9. The summed E-state index contributed by atoms with van der Waals surface area (Å²) in [5.74, 6) is 2.40. The Morgan fingerprint density at radius 1 is 0.405 bits per heavy atom. The van der Waals surface area contributed by atoms with Gasteiger partial charge in [0.25, 0.3) is 0 Å². The number of hydrogen-bond donors (Lipinski definition) is 0. The van der Waals surface area contributed by atoms with Crippen molar-refractivity contribution >= 4 is 73.4 Å². The highest BCUT2D eigenvalue weighted by atomic mass is 28.3. The van der Waals surface area contributed by atoms with E-state index in [2.05, 4.69) is 292 Å². The second-order valence-corrected chi connectivity index (χ2v) is 25.5. The van der Waals surface area contributed by atoms with E-state index in [1.54, 1.807) is 0 Å². The van der Waals surface area contributed by atoms with E-state index >= 15 is 0 Å². The van der Waals surface area contributed by atoms with Crippen LogP contribution in [0.5, 0.6) is 11.5 Å². The van der Waals surface area contributed by atoms with Crippen molar-refractivity contribution in [2.75, 3.05) is 16.5 Å². The molecule has 2 aromatic heterocycles. The van der Waals surface area contributed by atoms with Crippen molar-refractivity contribution in [3.05, 3.63) is 254 Å². The third kappa shape index (κ3) is 8.35. The second kappa shape index (κ2) is 18.5. The maximum atomic E-state index is 6.88. The Morgan fingerprint density at radius 3 is 1.58 bits per heavy atom. The molecule has 5 nitrogen and oxygen atoms in total. The minimum atomic E-state index is -2.74. The Balaban J connectivity index is 0.948. The second-order valence-electron chi connectivity index (χ2n) is 21.7. The van der Waals surface area contributed by atoms with Crippen LogP contribution in [0.4, 0.5) is 22.7 Å². The van der Waals surface area contributed by atoms with Crippen molar-refractivity contribution in [2.24, 2.45) is 0 Å². The molecule has 12 rings (SSSR count). The van der Waals surface area contributed by atoms with E-state index in [1.165, 1.54) is 48.8 Å². The van der Waals surface area contributed by atoms with Gasteiger partial charge in [-0.3, -0.25) is 4.57 Å². The zero-order chi connectivity index (χ0) is 50.6. The van der Waals surface area contributed by atoms with E-state index in [9.17, 15) is 0 Å². The highest BCUT2D eigenvalue weighted by Gasteiger charge is 2.41. The lowest BCUT2D eigenvalue weighted by atomic mass is 9.87. The van der Waals surface area contributed by atoms with Crippen molar-refractivity contribution < 1.29 is 4.74 Å². The number of nitrogens with zero attached hydrogens (tertiary/aromatic N) is 4. The van der Waals surface area contributed by atoms with E-state index in [1.807, 2.05) is 6.20 Å². The van der Waals surface area contributed by atoms with Gasteiger partial charge in [0.15, 0.2) is 8.07 Å². The average Bonchev–Trinajstić information content (AvgIpc) is 3.98. The first-order valence-electron chi connectivity index (χ1n) is 25.8. The zero-order valence-corrected chi connectivity index (χ0v) is 44.0. The summed E-state index contributed by atoms with van der Waals surface area (Å²) in [6, 6.07) is 86.7. The molecule has 0 aliphatic carbocycles. The van der Waals surface area contributed by atoms with Gasteiger partial charge in [-0.1, -0.05) is 193 Å². The third-order valence-corrected chi connectivity index (χ3v) is 19.7. The molecule has 0 unspecified atom stereocenters. The molecule has 3 heterocycles. The van der Waals surface area contributed by atoms with Gasteiger partial charge in [0, 0.05) is 40.5 Å². The van der Waals surface area contributed by atoms with Crippen LogP contribution in [-0.2, 0) is 10.8 Å². The molecular formula is C68H60N4OSi. The number of rotatable bonds is 10. The van der Waals surface area contributed by atoms with Crippen LogP contribution in [0.15, 0.2) is 243 Å². The fourth-order valence-corrected chi connectivity index (χ4v) is 15.9. The van der Waals surface area contributed by atoms with Crippen LogP contribution in [0.1, 0.15) is 52.7 Å². The van der Waals surface area contributed by atoms with Gasteiger partial charge in [-0.2, -0.15) is 0 Å². The molecule has 1 aliphatic heterocycles. The van der Waals surface area contributed by atoms with Crippen LogP contribution >= 0.6 is 0 Å². The lowest BCUT2D eigenvalue weighted by molar-refractivity contribution is 0.483. The standard InChI is InChI=1S/C68H60N4OSi/c1-67(2,3)50-22-19-23-52(43-50)70-47-71(64-34-17-16-33-63(64)70)53-24-20-25-54(45-53)73-55-36-37-60-61-42-49(35-38-62(61)72(65(60)46-55)66-44-51(39-40-69-66)68(4,5)6)48-21-18-32-59(41-48)74(56-26-10-7-11-27-56,57-28-12-8-13-29-57)58-30-14-9-15-31-58/h7-46H,47H2,1-6H3. The first kappa shape index (κ1) is 46.6. The number of para-hydroxylation sites is 2. The normalized spacial score (nSPS) is 12.9. The van der Waals surface area contributed by atoms with Crippen LogP contribution in [0.25, 0.3) is 38.8 Å². The summed E-state index contributed by atoms with van der Waals surface area (Å²) in [6.45, 7) is 14.3. The molecule has 0 fully saturated rings. The average molecular weight is 977 g/mol. The quantitative estimate of drug-likeness (QED) is 0.101. The van der Waals surface area contributed by atoms with E-state index in [4.69, 9.17) is 9.72 Å². The van der Waals surface area contributed by atoms with Gasteiger partial charge in [0.1, 0.15) is 24.0 Å². The first-order chi connectivity index (χ1) is 35.9. The maximum absolute atomic E-state index is 6.88. The third-order valence-electron chi connectivity index (χ3n) is 15.0. The van der Waals surface area contributed by atoms with Crippen LogP contribution < -0.4 is 35.3 Å². The van der Waals surface area contributed by atoms with Crippen LogP contribution in [0.2, 0.25) is 0 Å². The SMILES string of the molecule is CC(C)(C)c1cccc(N2CN(c3cccc(Oc4ccc5c6cc(-c7cccc([Si](c8ccccc8)(c8ccccc8)c8ccccc8)c7)ccc6n(-c6cc(C(C)(C)C)ccn6)c5c4)c3)c3ccccc32)c1. The molecule has 9 aromatic carbocycles. The minimum Gasteiger partial charge on any atom is -0.457 e. The molecule has 362 valence electrons. The highest BCUT2D eigenvalue weighted by Crippen LogP contribution is 2.46. The lowest BCUT2D eigenvalue weighted by Gasteiger charge is -2.34.